The van der Waals surface area contributed by atoms with Gasteiger partial charge in [0.1, 0.15) is 11.5 Å². The fourth-order valence-electron chi connectivity index (χ4n) is 1.91. The molecule has 0 aliphatic carbocycles. The van der Waals surface area contributed by atoms with Gasteiger partial charge in [-0.2, -0.15) is 0 Å². The van der Waals surface area contributed by atoms with Crippen LogP contribution in [0.25, 0.3) is 11.5 Å². The molecule has 18 heavy (non-hydrogen) atoms. The number of nitrogens with two attached hydrogens (primary N) is 1. The lowest BCUT2D eigenvalue weighted by molar-refractivity contribution is 1.000. The zero-order chi connectivity index (χ0) is 13.1. The lowest BCUT2D eigenvalue weighted by Gasteiger charge is -2.08. The topological polar surface area (TPSA) is 84.7 Å². The van der Waals surface area contributed by atoms with Gasteiger partial charge < -0.3 is 10.7 Å². The quantitative estimate of drug-likeness (QED) is 0.857. The minimum atomic E-state index is -0.187. The molecule has 2 aromatic rings. The molecule has 0 aliphatic heterocycles. The van der Waals surface area contributed by atoms with Crippen LogP contribution in [-0.2, 0) is 12.8 Å². The molecular formula is C13H16N4O. The number of anilines is 1. The van der Waals surface area contributed by atoms with Crippen LogP contribution >= 0.6 is 0 Å². The summed E-state index contributed by atoms with van der Waals surface area (Å²) in [5.41, 5.74) is 7.85. The van der Waals surface area contributed by atoms with Crippen molar-refractivity contribution in [3.63, 3.8) is 0 Å². The molecule has 0 unspecified atom stereocenters. The van der Waals surface area contributed by atoms with Gasteiger partial charge in [-0.3, -0.25) is 9.78 Å². The van der Waals surface area contributed by atoms with Crippen molar-refractivity contribution in [2.75, 3.05) is 5.73 Å². The summed E-state index contributed by atoms with van der Waals surface area (Å²) in [5.74, 6) is 0.719. The van der Waals surface area contributed by atoms with E-state index in [1.54, 1.807) is 6.20 Å². The van der Waals surface area contributed by atoms with Crippen molar-refractivity contribution in [3.8, 4) is 11.5 Å². The zero-order valence-corrected chi connectivity index (χ0v) is 10.5. The molecule has 3 N–H and O–H groups in total. The molecule has 0 radical (unpaired) electrons. The van der Waals surface area contributed by atoms with Gasteiger partial charge >= 0.3 is 0 Å². The summed E-state index contributed by atoms with van der Waals surface area (Å²) in [6.07, 6.45) is 3.07. The summed E-state index contributed by atoms with van der Waals surface area (Å²) in [6, 6.07) is 3.83. The first kappa shape index (κ1) is 12.3. The van der Waals surface area contributed by atoms with E-state index in [-0.39, 0.29) is 11.4 Å². The highest BCUT2D eigenvalue weighted by Gasteiger charge is 2.11. The maximum atomic E-state index is 11.9. The van der Waals surface area contributed by atoms with E-state index in [9.17, 15) is 4.79 Å². The molecule has 0 aromatic carbocycles. The average molecular weight is 244 g/mol. The molecule has 0 saturated carbocycles. The fraction of sp³-hybridized carbons (Fsp3) is 0.308. The Morgan fingerprint density at radius 2 is 2.11 bits per heavy atom. The zero-order valence-electron chi connectivity index (χ0n) is 10.5. The van der Waals surface area contributed by atoms with Gasteiger partial charge in [0.15, 0.2) is 5.82 Å². The van der Waals surface area contributed by atoms with Crippen LogP contribution in [0.4, 0.5) is 5.82 Å². The van der Waals surface area contributed by atoms with Crippen LogP contribution in [0.15, 0.2) is 23.1 Å². The minimum Gasteiger partial charge on any atom is -0.383 e. The van der Waals surface area contributed by atoms with Crippen LogP contribution < -0.4 is 11.3 Å². The number of nitrogen functional groups attached to an aromatic ring is 1. The molecule has 5 heteroatoms. The smallest absolute Gasteiger partial charge is 0.256 e. The molecule has 94 valence electrons. The van der Waals surface area contributed by atoms with Crippen LogP contribution in [0.1, 0.15) is 25.0 Å². The highest BCUT2D eigenvalue weighted by atomic mass is 16.1. The molecule has 0 spiro atoms. The van der Waals surface area contributed by atoms with Gasteiger partial charge in [-0.05, 0) is 24.5 Å². The lowest BCUT2D eigenvalue weighted by atomic mass is 10.1. The van der Waals surface area contributed by atoms with Gasteiger partial charge in [-0.15, -0.1) is 0 Å². The summed E-state index contributed by atoms with van der Waals surface area (Å²) in [5, 5.41) is 0. The number of aryl methyl sites for hydroxylation is 1. The summed E-state index contributed by atoms with van der Waals surface area (Å²) < 4.78 is 0. The van der Waals surface area contributed by atoms with E-state index in [0.717, 1.165) is 12.0 Å². The van der Waals surface area contributed by atoms with E-state index < -0.39 is 0 Å². The van der Waals surface area contributed by atoms with Crippen molar-refractivity contribution in [1.29, 1.82) is 0 Å². The number of hydrogen-bond acceptors (Lipinski definition) is 4. The SMILES string of the molecule is CCc1cccnc1-c1nc(N)c(CC)c(=O)[nH]1. The monoisotopic (exact) mass is 244 g/mol. The Morgan fingerprint density at radius 3 is 2.72 bits per heavy atom. The molecular weight excluding hydrogens is 228 g/mol. The largest absolute Gasteiger partial charge is 0.383 e. The van der Waals surface area contributed by atoms with Gasteiger partial charge in [0.25, 0.3) is 5.56 Å². The second-order valence-corrected chi connectivity index (χ2v) is 4.00. The second-order valence-electron chi connectivity index (χ2n) is 4.00. The molecule has 0 bridgehead atoms. The van der Waals surface area contributed by atoms with E-state index in [1.807, 2.05) is 26.0 Å². The van der Waals surface area contributed by atoms with E-state index >= 15 is 0 Å². The number of nitrogens with zero attached hydrogens (tertiary/aromatic N) is 2. The number of pyridine rings is 1. The highest BCUT2D eigenvalue weighted by molar-refractivity contribution is 5.57. The van der Waals surface area contributed by atoms with Gasteiger partial charge in [0.2, 0.25) is 0 Å². The van der Waals surface area contributed by atoms with Crippen LogP contribution in [0.2, 0.25) is 0 Å². The normalized spacial score (nSPS) is 10.6. The third-order valence-electron chi connectivity index (χ3n) is 2.90. The summed E-state index contributed by atoms with van der Waals surface area (Å²) in [7, 11) is 0. The predicted molar refractivity (Wildman–Crippen MR) is 71.3 cm³/mol. The molecule has 2 heterocycles. The molecule has 0 amide bonds. The Hall–Kier alpha value is -2.17. The maximum absolute atomic E-state index is 11.9. The summed E-state index contributed by atoms with van der Waals surface area (Å²) in [4.78, 5) is 23.1. The minimum absolute atomic E-state index is 0.187. The number of hydrogen-bond donors (Lipinski definition) is 2. The van der Waals surface area contributed by atoms with Crippen molar-refractivity contribution >= 4 is 5.82 Å². The van der Waals surface area contributed by atoms with Gasteiger partial charge in [0, 0.05) is 6.20 Å². The Kier molecular flexibility index (Phi) is 3.41. The van der Waals surface area contributed by atoms with E-state index in [2.05, 4.69) is 15.0 Å². The Labute approximate surface area is 105 Å². The van der Waals surface area contributed by atoms with Crippen molar-refractivity contribution in [2.45, 2.75) is 26.7 Å². The van der Waals surface area contributed by atoms with Crippen molar-refractivity contribution < 1.29 is 0 Å². The highest BCUT2D eigenvalue weighted by Crippen LogP contribution is 2.18. The van der Waals surface area contributed by atoms with Gasteiger partial charge in [0.05, 0.1) is 5.56 Å². The van der Waals surface area contributed by atoms with Crippen molar-refractivity contribution in [2.24, 2.45) is 0 Å². The summed E-state index contributed by atoms with van der Waals surface area (Å²) >= 11 is 0. The Bertz CT molecular complexity index is 619. The molecule has 0 aliphatic rings. The van der Waals surface area contributed by atoms with Gasteiger partial charge in [-0.25, -0.2) is 4.98 Å². The molecule has 5 nitrogen and oxygen atoms in total. The number of nitrogens with one attached hydrogen (secondary N) is 1. The van der Waals surface area contributed by atoms with Crippen LogP contribution in [0.5, 0.6) is 0 Å². The standard InChI is InChI=1S/C13H16N4O/c1-3-8-6-5-7-15-10(8)12-16-11(14)9(4-2)13(18)17-12/h5-7H,3-4H2,1-2H3,(H3,14,16,17,18). The average Bonchev–Trinajstić information content (AvgIpc) is 2.38. The first-order chi connectivity index (χ1) is 8.67. The number of H-pyrrole nitrogens is 1. The van der Waals surface area contributed by atoms with Gasteiger partial charge in [-0.1, -0.05) is 19.9 Å². The van der Waals surface area contributed by atoms with E-state index in [0.29, 0.717) is 23.5 Å². The molecule has 2 rings (SSSR count). The predicted octanol–water partition coefficient (Wildman–Crippen LogP) is 1.54. The number of aromatic amines is 1. The second kappa shape index (κ2) is 5.00. The fourth-order valence-corrected chi connectivity index (χ4v) is 1.91. The number of aromatic nitrogens is 3. The van der Waals surface area contributed by atoms with E-state index in [4.69, 9.17) is 5.73 Å². The first-order valence-electron chi connectivity index (χ1n) is 6.00. The Morgan fingerprint density at radius 1 is 1.33 bits per heavy atom. The molecule has 0 fully saturated rings. The van der Waals surface area contributed by atoms with Crippen molar-refractivity contribution in [1.82, 2.24) is 15.0 Å². The third-order valence-corrected chi connectivity index (χ3v) is 2.90. The molecule has 2 aromatic heterocycles. The maximum Gasteiger partial charge on any atom is 0.256 e. The van der Waals surface area contributed by atoms with Crippen LogP contribution in [0.3, 0.4) is 0 Å². The van der Waals surface area contributed by atoms with Crippen molar-refractivity contribution in [3.05, 3.63) is 39.8 Å². The number of rotatable bonds is 3. The van der Waals surface area contributed by atoms with Crippen LogP contribution in [-0.4, -0.2) is 15.0 Å². The summed E-state index contributed by atoms with van der Waals surface area (Å²) in [6.45, 7) is 3.91. The first-order valence-corrected chi connectivity index (χ1v) is 6.00. The molecule has 0 saturated heterocycles. The molecule has 0 atom stereocenters. The van der Waals surface area contributed by atoms with Crippen LogP contribution in [0, 0.1) is 0 Å². The Balaban J connectivity index is 2.62. The van der Waals surface area contributed by atoms with E-state index in [1.165, 1.54) is 0 Å². The third kappa shape index (κ3) is 2.11. The lowest BCUT2D eigenvalue weighted by Crippen LogP contribution is -2.18.